The SMILES string of the molecule is COc1nccnc1C(N)CCOc1cccc(C)c1. The molecule has 1 atom stereocenters. The molecule has 0 aliphatic rings. The van der Waals surface area contributed by atoms with Gasteiger partial charge in [-0.05, 0) is 24.6 Å². The molecule has 1 aromatic heterocycles. The summed E-state index contributed by atoms with van der Waals surface area (Å²) >= 11 is 0. The molecule has 0 bridgehead atoms. The summed E-state index contributed by atoms with van der Waals surface area (Å²) in [4.78, 5) is 8.31. The Labute approximate surface area is 118 Å². The lowest BCUT2D eigenvalue weighted by atomic mass is 10.1. The van der Waals surface area contributed by atoms with E-state index in [2.05, 4.69) is 9.97 Å². The molecular formula is C15H19N3O2. The molecule has 0 radical (unpaired) electrons. The zero-order valence-corrected chi connectivity index (χ0v) is 11.7. The van der Waals surface area contributed by atoms with Gasteiger partial charge in [-0.3, -0.25) is 4.98 Å². The maximum absolute atomic E-state index is 6.10. The van der Waals surface area contributed by atoms with Gasteiger partial charge in [-0.25, -0.2) is 4.98 Å². The van der Waals surface area contributed by atoms with Gasteiger partial charge >= 0.3 is 0 Å². The smallest absolute Gasteiger partial charge is 0.236 e. The second-order valence-corrected chi connectivity index (χ2v) is 4.51. The third-order valence-corrected chi connectivity index (χ3v) is 2.92. The van der Waals surface area contributed by atoms with E-state index in [0.717, 1.165) is 5.75 Å². The van der Waals surface area contributed by atoms with Crippen molar-refractivity contribution in [2.45, 2.75) is 19.4 Å². The van der Waals surface area contributed by atoms with Crippen LogP contribution in [0.25, 0.3) is 0 Å². The summed E-state index contributed by atoms with van der Waals surface area (Å²) in [6.45, 7) is 2.55. The standard InChI is InChI=1S/C15H19N3O2/c1-11-4-3-5-12(10-11)20-9-6-13(16)14-15(19-2)18-8-7-17-14/h3-5,7-8,10,13H,6,9,16H2,1-2H3. The normalized spacial score (nSPS) is 11.9. The highest BCUT2D eigenvalue weighted by atomic mass is 16.5. The number of nitrogens with two attached hydrogens (primary N) is 1. The number of aromatic nitrogens is 2. The molecule has 1 aromatic carbocycles. The Morgan fingerprint density at radius 1 is 1.25 bits per heavy atom. The van der Waals surface area contributed by atoms with E-state index >= 15 is 0 Å². The molecule has 5 heteroatoms. The molecule has 5 nitrogen and oxygen atoms in total. The summed E-state index contributed by atoms with van der Waals surface area (Å²) in [6, 6.07) is 7.67. The van der Waals surface area contributed by atoms with Crippen molar-refractivity contribution in [3.63, 3.8) is 0 Å². The van der Waals surface area contributed by atoms with Gasteiger partial charge in [-0.1, -0.05) is 12.1 Å². The number of hydrogen-bond donors (Lipinski definition) is 1. The van der Waals surface area contributed by atoms with Crippen LogP contribution in [0.2, 0.25) is 0 Å². The molecule has 106 valence electrons. The molecule has 20 heavy (non-hydrogen) atoms. The number of benzene rings is 1. The Kier molecular flexibility index (Phi) is 4.90. The van der Waals surface area contributed by atoms with Crippen LogP contribution in [0.3, 0.4) is 0 Å². The Morgan fingerprint density at radius 3 is 2.80 bits per heavy atom. The summed E-state index contributed by atoms with van der Waals surface area (Å²) in [5, 5.41) is 0. The number of rotatable bonds is 6. The van der Waals surface area contributed by atoms with Gasteiger partial charge < -0.3 is 15.2 Å². The predicted octanol–water partition coefficient (Wildman–Crippen LogP) is 2.26. The highest BCUT2D eigenvalue weighted by molar-refractivity contribution is 5.27. The minimum atomic E-state index is -0.261. The predicted molar refractivity (Wildman–Crippen MR) is 76.8 cm³/mol. The van der Waals surface area contributed by atoms with E-state index in [1.807, 2.05) is 31.2 Å². The largest absolute Gasteiger partial charge is 0.494 e. The fourth-order valence-corrected chi connectivity index (χ4v) is 1.89. The molecular weight excluding hydrogens is 254 g/mol. The van der Waals surface area contributed by atoms with E-state index in [-0.39, 0.29) is 6.04 Å². The lowest BCUT2D eigenvalue weighted by Gasteiger charge is -2.14. The number of methoxy groups -OCH3 is 1. The first-order valence-electron chi connectivity index (χ1n) is 6.50. The van der Waals surface area contributed by atoms with E-state index in [1.165, 1.54) is 5.56 Å². The van der Waals surface area contributed by atoms with Crippen molar-refractivity contribution >= 4 is 0 Å². The van der Waals surface area contributed by atoms with Crippen LogP contribution < -0.4 is 15.2 Å². The first kappa shape index (κ1) is 14.3. The van der Waals surface area contributed by atoms with Crippen molar-refractivity contribution in [2.75, 3.05) is 13.7 Å². The molecule has 0 aliphatic heterocycles. The zero-order valence-electron chi connectivity index (χ0n) is 11.7. The van der Waals surface area contributed by atoms with E-state index < -0.39 is 0 Å². The molecule has 1 heterocycles. The topological polar surface area (TPSA) is 70.3 Å². The van der Waals surface area contributed by atoms with Crippen LogP contribution in [0.4, 0.5) is 0 Å². The minimum absolute atomic E-state index is 0.261. The Bertz CT molecular complexity index is 560. The van der Waals surface area contributed by atoms with Gasteiger partial charge in [0.15, 0.2) is 0 Å². The second-order valence-electron chi connectivity index (χ2n) is 4.51. The molecule has 2 N–H and O–H groups in total. The number of aryl methyl sites for hydroxylation is 1. The summed E-state index contributed by atoms with van der Waals surface area (Å²) < 4.78 is 10.8. The molecule has 2 aromatic rings. The van der Waals surface area contributed by atoms with Crippen LogP contribution in [0, 0.1) is 6.92 Å². The molecule has 0 saturated carbocycles. The number of nitrogens with zero attached hydrogens (tertiary/aromatic N) is 2. The van der Waals surface area contributed by atoms with Gasteiger partial charge in [0, 0.05) is 18.8 Å². The van der Waals surface area contributed by atoms with Gasteiger partial charge in [0.1, 0.15) is 11.4 Å². The van der Waals surface area contributed by atoms with Gasteiger partial charge in [0.05, 0.1) is 19.8 Å². The average molecular weight is 273 g/mol. The number of hydrogen-bond acceptors (Lipinski definition) is 5. The second kappa shape index (κ2) is 6.86. The lowest BCUT2D eigenvalue weighted by molar-refractivity contribution is 0.294. The summed E-state index contributed by atoms with van der Waals surface area (Å²) in [7, 11) is 1.56. The number of ether oxygens (including phenoxy) is 2. The van der Waals surface area contributed by atoms with Crippen molar-refractivity contribution in [1.29, 1.82) is 0 Å². The molecule has 0 fully saturated rings. The molecule has 0 spiro atoms. The molecule has 1 unspecified atom stereocenters. The van der Waals surface area contributed by atoms with Gasteiger partial charge in [-0.2, -0.15) is 0 Å². The summed E-state index contributed by atoms with van der Waals surface area (Å²) in [6.07, 6.45) is 3.83. The van der Waals surface area contributed by atoms with Gasteiger partial charge in [-0.15, -0.1) is 0 Å². The average Bonchev–Trinajstić information content (AvgIpc) is 2.47. The maximum Gasteiger partial charge on any atom is 0.236 e. The fourth-order valence-electron chi connectivity index (χ4n) is 1.89. The maximum atomic E-state index is 6.10. The third kappa shape index (κ3) is 3.68. The van der Waals surface area contributed by atoms with Crippen LogP contribution in [0.5, 0.6) is 11.6 Å². The molecule has 0 amide bonds. The monoisotopic (exact) mass is 273 g/mol. The molecule has 0 saturated heterocycles. The van der Waals surface area contributed by atoms with Crippen molar-refractivity contribution in [2.24, 2.45) is 5.73 Å². The fraction of sp³-hybridized carbons (Fsp3) is 0.333. The Morgan fingerprint density at radius 2 is 2.05 bits per heavy atom. The third-order valence-electron chi connectivity index (χ3n) is 2.92. The highest BCUT2D eigenvalue weighted by Gasteiger charge is 2.14. The lowest BCUT2D eigenvalue weighted by Crippen LogP contribution is -2.17. The van der Waals surface area contributed by atoms with Crippen molar-refractivity contribution in [3.8, 4) is 11.6 Å². The Hall–Kier alpha value is -2.14. The van der Waals surface area contributed by atoms with Crippen molar-refractivity contribution < 1.29 is 9.47 Å². The summed E-state index contributed by atoms with van der Waals surface area (Å²) in [5.74, 6) is 1.32. The van der Waals surface area contributed by atoms with E-state index in [1.54, 1.807) is 19.5 Å². The highest BCUT2D eigenvalue weighted by Crippen LogP contribution is 2.21. The summed E-state index contributed by atoms with van der Waals surface area (Å²) in [5.41, 5.74) is 7.93. The van der Waals surface area contributed by atoms with Crippen LogP contribution >= 0.6 is 0 Å². The minimum Gasteiger partial charge on any atom is -0.494 e. The quantitative estimate of drug-likeness (QED) is 0.874. The zero-order chi connectivity index (χ0) is 14.4. The van der Waals surface area contributed by atoms with Crippen LogP contribution in [-0.2, 0) is 0 Å². The molecule has 2 rings (SSSR count). The van der Waals surface area contributed by atoms with Crippen molar-refractivity contribution in [3.05, 3.63) is 47.9 Å². The van der Waals surface area contributed by atoms with Gasteiger partial charge in [0.25, 0.3) is 0 Å². The van der Waals surface area contributed by atoms with Crippen LogP contribution in [0.1, 0.15) is 23.7 Å². The first-order chi connectivity index (χ1) is 9.70. The van der Waals surface area contributed by atoms with E-state index in [9.17, 15) is 0 Å². The van der Waals surface area contributed by atoms with Crippen LogP contribution in [-0.4, -0.2) is 23.7 Å². The molecule has 0 aliphatic carbocycles. The van der Waals surface area contributed by atoms with E-state index in [0.29, 0.717) is 24.6 Å². The van der Waals surface area contributed by atoms with Crippen molar-refractivity contribution in [1.82, 2.24) is 9.97 Å². The van der Waals surface area contributed by atoms with E-state index in [4.69, 9.17) is 15.2 Å². The van der Waals surface area contributed by atoms with Crippen LogP contribution in [0.15, 0.2) is 36.7 Å². The van der Waals surface area contributed by atoms with Gasteiger partial charge in [0.2, 0.25) is 5.88 Å². The first-order valence-corrected chi connectivity index (χ1v) is 6.50. The Balaban J connectivity index is 1.90.